The third-order valence-electron chi connectivity index (χ3n) is 5.77. The third kappa shape index (κ3) is 9.49. The highest BCUT2D eigenvalue weighted by molar-refractivity contribution is 7.89. The van der Waals surface area contributed by atoms with E-state index >= 15 is 0 Å². The zero-order valence-electron chi connectivity index (χ0n) is 21.3. The van der Waals surface area contributed by atoms with Crippen LogP contribution < -0.4 is 4.72 Å². The highest BCUT2D eigenvalue weighted by Crippen LogP contribution is 2.36. The smallest absolute Gasteiger partial charge is 0.240 e. The van der Waals surface area contributed by atoms with E-state index in [2.05, 4.69) is 50.4 Å². The van der Waals surface area contributed by atoms with Crippen LogP contribution in [0.4, 0.5) is 0 Å². The lowest BCUT2D eigenvalue weighted by Crippen LogP contribution is -2.49. The largest absolute Gasteiger partial charge is 0.415 e. The molecule has 0 spiro atoms. The minimum atomic E-state index is -3.85. The van der Waals surface area contributed by atoms with E-state index in [1.807, 2.05) is 20.8 Å². The molecule has 0 saturated carbocycles. The van der Waals surface area contributed by atoms with Crippen molar-refractivity contribution in [1.29, 1.82) is 0 Å². The molecular weight excluding hydrogens is 458 g/mol. The van der Waals surface area contributed by atoms with Crippen LogP contribution in [-0.2, 0) is 23.9 Å². The molecule has 2 atom stereocenters. The summed E-state index contributed by atoms with van der Waals surface area (Å²) in [5, 5.41) is 10.0. The van der Waals surface area contributed by atoms with Gasteiger partial charge in [-0.1, -0.05) is 44.4 Å². The van der Waals surface area contributed by atoms with Crippen LogP contribution in [0, 0.1) is 24.7 Å². The number of aliphatic hydroxyl groups is 1. The first kappa shape index (κ1) is 29.8. The molecule has 0 aliphatic carbocycles. The van der Waals surface area contributed by atoms with Gasteiger partial charge >= 0.3 is 0 Å². The fraction of sp³-hybridized carbons (Fsp3) is 0.667. The van der Waals surface area contributed by atoms with Gasteiger partial charge in [-0.2, -0.15) is 0 Å². The summed E-state index contributed by atoms with van der Waals surface area (Å²) in [7, 11) is -6.02. The Bertz CT molecular complexity index is 878. The maximum absolute atomic E-state index is 13.1. The van der Waals surface area contributed by atoms with Crippen LogP contribution in [0.5, 0.6) is 0 Å². The highest BCUT2D eigenvalue weighted by Gasteiger charge is 2.38. The summed E-state index contributed by atoms with van der Waals surface area (Å²) in [6, 6.07) is 5.85. The molecule has 33 heavy (non-hydrogen) atoms. The average Bonchev–Trinajstić information content (AvgIpc) is 2.71. The molecule has 1 aromatic carbocycles. The van der Waals surface area contributed by atoms with Crippen molar-refractivity contribution in [3.8, 4) is 11.8 Å². The van der Waals surface area contributed by atoms with E-state index in [4.69, 9.17) is 13.9 Å². The highest BCUT2D eigenvalue weighted by atomic mass is 32.2. The summed E-state index contributed by atoms with van der Waals surface area (Å²) in [4.78, 5) is 0.150. The molecule has 188 valence electrons. The molecule has 0 aliphatic heterocycles. The van der Waals surface area contributed by atoms with Crippen molar-refractivity contribution in [1.82, 2.24) is 4.72 Å². The third-order valence-corrected chi connectivity index (χ3v) is 11.8. The molecule has 7 nitrogen and oxygen atoms in total. The molecular formula is C24H41NO6SSi. The van der Waals surface area contributed by atoms with Crippen molar-refractivity contribution in [2.24, 2.45) is 5.92 Å². The van der Waals surface area contributed by atoms with Crippen LogP contribution in [0.2, 0.25) is 18.1 Å². The van der Waals surface area contributed by atoms with Crippen molar-refractivity contribution in [2.75, 3.05) is 26.4 Å². The number of sulfonamides is 1. The van der Waals surface area contributed by atoms with Crippen molar-refractivity contribution in [2.45, 2.75) is 76.9 Å². The second-order valence-corrected chi connectivity index (χ2v) is 16.0. The molecule has 9 heteroatoms. The Balaban J connectivity index is 3.25. The molecule has 0 radical (unpaired) electrons. The molecule has 0 aliphatic rings. The molecule has 0 saturated heterocycles. The lowest BCUT2D eigenvalue weighted by molar-refractivity contribution is -0.0971. The summed E-state index contributed by atoms with van der Waals surface area (Å²) in [5.74, 6) is 5.13. The van der Waals surface area contributed by atoms with Gasteiger partial charge < -0.3 is 19.0 Å². The Hall–Kier alpha value is -1.25. The summed E-state index contributed by atoms with van der Waals surface area (Å²) < 4.78 is 46.2. The van der Waals surface area contributed by atoms with Crippen molar-refractivity contribution < 1.29 is 27.4 Å². The number of hydrogen-bond donors (Lipinski definition) is 2. The van der Waals surface area contributed by atoms with Gasteiger partial charge in [0.2, 0.25) is 16.3 Å². The predicted molar refractivity (Wildman–Crippen MR) is 134 cm³/mol. The normalized spacial score (nSPS) is 14.6. The van der Waals surface area contributed by atoms with Crippen LogP contribution in [0.15, 0.2) is 29.2 Å². The van der Waals surface area contributed by atoms with E-state index in [0.717, 1.165) is 5.56 Å². The van der Waals surface area contributed by atoms with E-state index < -0.39 is 36.6 Å². The van der Waals surface area contributed by atoms with Gasteiger partial charge in [0, 0.05) is 13.2 Å². The van der Waals surface area contributed by atoms with Crippen LogP contribution in [0.3, 0.4) is 0 Å². The second kappa shape index (κ2) is 13.0. The first-order valence-electron chi connectivity index (χ1n) is 11.4. The first-order valence-corrected chi connectivity index (χ1v) is 15.7. The fourth-order valence-corrected chi connectivity index (χ4v) is 4.91. The fourth-order valence-electron chi connectivity index (χ4n) is 2.61. The molecule has 0 unspecified atom stereocenters. The number of rotatable bonds is 12. The molecule has 0 amide bonds. The zero-order valence-corrected chi connectivity index (χ0v) is 23.1. The minimum Gasteiger partial charge on any atom is -0.415 e. The van der Waals surface area contributed by atoms with Crippen molar-refractivity contribution in [3.63, 3.8) is 0 Å². The van der Waals surface area contributed by atoms with E-state index in [0.29, 0.717) is 13.2 Å². The van der Waals surface area contributed by atoms with Crippen molar-refractivity contribution in [3.05, 3.63) is 29.8 Å². The number of aliphatic hydroxyl groups excluding tert-OH is 1. The van der Waals surface area contributed by atoms with Crippen LogP contribution >= 0.6 is 0 Å². The summed E-state index contributed by atoms with van der Waals surface area (Å²) >= 11 is 0. The zero-order chi connectivity index (χ0) is 25.3. The van der Waals surface area contributed by atoms with Gasteiger partial charge in [-0.05, 0) is 57.0 Å². The Kier molecular flexibility index (Phi) is 11.7. The topological polar surface area (TPSA) is 94.1 Å². The maximum atomic E-state index is 13.1. The molecule has 0 bridgehead atoms. The lowest BCUT2D eigenvalue weighted by atomic mass is 10.0. The Morgan fingerprint density at radius 3 is 2.06 bits per heavy atom. The molecule has 0 heterocycles. The predicted octanol–water partition coefficient (Wildman–Crippen LogP) is 3.67. The SMILES string of the molecule is CCOC(C#C[C@H](CO)[C@H](CO[Si](C)(C)C(C)(C)C)NS(=O)(=O)c1ccc(C)cc1)OCC. The number of hydrogen-bond acceptors (Lipinski definition) is 6. The summed E-state index contributed by atoms with van der Waals surface area (Å²) in [6.45, 7) is 16.7. The molecule has 0 fully saturated rings. The quantitative estimate of drug-likeness (QED) is 0.259. The van der Waals surface area contributed by atoms with Gasteiger partial charge in [-0.15, -0.1) is 0 Å². The maximum Gasteiger partial charge on any atom is 0.240 e. The van der Waals surface area contributed by atoms with Crippen LogP contribution in [0.1, 0.15) is 40.2 Å². The van der Waals surface area contributed by atoms with Crippen molar-refractivity contribution >= 4 is 18.3 Å². The monoisotopic (exact) mass is 499 g/mol. The molecule has 2 N–H and O–H groups in total. The molecule has 1 aromatic rings. The molecule has 0 aromatic heterocycles. The molecule has 1 rings (SSSR count). The summed E-state index contributed by atoms with van der Waals surface area (Å²) in [5.41, 5.74) is 0.962. The second-order valence-electron chi connectivity index (χ2n) is 9.43. The van der Waals surface area contributed by atoms with Gasteiger partial charge in [-0.25, -0.2) is 13.1 Å². The van der Waals surface area contributed by atoms with E-state index in [9.17, 15) is 13.5 Å². The van der Waals surface area contributed by atoms with E-state index in [1.54, 1.807) is 24.3 Å². The number of ether oxygens (including phenoxy) is 2. The Morgan fingerprint density at radius 2 is 1.61 bits per heavy atom. The van der Waals surface area contributed by atoms with Gasteiger partial charge in [0.15, 0.2) is 8.32 Å². The lowest BCUT2D eigenvalue weighted by Gasteiger charge is -2.38. The summed E-state index contributed by atoms with van der Waals surface area (Å²) in [6.07, 6.45) is -0.746. The average molecular weight is 500 g/mol. The Labute approximate surface area is 201 Å². The van der Waals surface area contributed by atoms with E-state index in [-0.39, 0.29) is 23.1 Å². The van der Waals surface area contributed by atoms with Gasteiger partial charge in [0.05, 0.1) is 30.1 Å². The van der Waals surface area contributed by atoms with Gasteiger partial charge in [0.25, 0.3) is 0 Å². The Morgan fingerprint density at radius 1 is 1.06 bits per heavy atom. The number of nitrogens with one attached hydrogen (secondary N) is 1. The van der Waals surface area contributed by atoms with Gasteiger partial charge in [0.1, 0.15) is 0 Å². The van der Waals surface area contributed by atoms with E-state index in [1.165, 1.54) is 0 Å². The standard InChI is InChI=1S/C24H41NO6SSi/c1-9-29-23(30-10-2)16-13-20(17-26)22(18-31-33(7,8)24(4,5)6)25-32(27,28)21-14-11-19(3)12-15-21/h11-12,14-15,20,22-23,25-26H,9-10,17-18H2,1-8H3/t20-,22+/m1/s1. The number of benzene rings is 1. The van der Waals surface area contributed by atoms with Crippen LogP contribution in [-0.4, -0.2) is 60.6 Å². The van der Waals surface area contributed by atoms with Gasteiger partial charge in [-0.3, -0.25) is 0 Å². The minimum absolute atomic E-state index is 0.0528. The van der Waals surface area contributed by atoms with Crippen LogP contribution in [0.25, 0.3) is 0 Å². The first-order chi connectivity index (χ1) is 15.3. The number of aryl methyl sites for hydroxylation is 1.